The molecule has 1 fully saturated rings. The summed E-state index contributed by atoms with van der Waals surface area (Å²) in [6.07, 6.45) is 1.92. The number of anilines is 1. The summed E-state index contributed by atoms with van der Waals surface area (Å²) in [5.74, 6) is -0.797. The Balaban J connectivity index is 2.37. The smallest absolute Gasteiger partial charge is 0.327 e. The number of para-hydroxylation sites is 1. The summed E-state index contributed by atoms with van der Waals surface area (Å²) >= 11 is 0. The average molecular weight is 210 g/mol. The second kappa shape index (κ2) is 3.18. The van der Waals surface area contributed by atoms with Crippen molar-refractivity contribution < 1.29 is 9.31 Å². The molecule has 0 radical (unpaired) electrons. The summed E-state index contributed by atoms with van der Waals surface area (Å²) in [7, 11) is 0. The average Bonchev–Trinajstić information content (AvgIpc) is 2.82. The molecular formula is C10H11FN2O2. The minimum Gasteiger partial charge on any atom is -0.374 e. The number of halogens is 1. The van der Waals surface area contributed by atoms with Crippen LogP contribution in [-0.2, 0) is 0 Å². The van der Waals surface area contributed by atoms with E-state index in [0.29, 0.717) is 0 Å². The quantitative estimate of drug-likeness (QED) is 0.616. The molecule has 0 saturated heterocycles. The molecule has 1 N–H and O–H groups in total. The zero-order valence-corrected chi connectivity index (χ0v) is 8.29. The van der Waals surface area contributed by atoms with Crippen molar-refractivity contribution >= 4 is 11.4 Å². The maximum absolute atomic E-state index is 13.2. The maximum Gasteiger partial charge on any atom is 0.327 e. The largest absolute Gasteiger partial charge is 0.374 e. The summed E-state index contributed by atoms with van der Waals surface area (Å²) in [4.78, 5) is 9.98. The molecule has 4 nitrogen and oxygen atoms in total. The van der Waals surface area contributed by atoms with Gasteiger partial charge in [-0.25, -0.2) is 0 Å². The first-order valence-corrected chi connectivity index (χ1v) is 4.73. The SMILES string of the molecule is CC1(Nc2cccc(F)c2[N+](=O)[O-])CC1. The molecule has 1 aromatic carbocycles. The van der Waals surface area contributed by atoms with Crippen LogP contribution in [0.5, 0.6) is 0 Å². The van der Waals surface area contributed by atoms with Crippen molar-refractivity contribution in [1.29, 1.82) is 0 Å². The van der Waals surface area contributed by atoms with E-state index >= 15 is 0 Å². The van der Waals surface area contributed by atoms with Gasteiger partial charge >= 0.3 is 5.69 Å². The van der Waals surface area contributed by atoms with Gasteiger partial charge in [0.25, 0.3) is 0 Å². The Morgan fingerprint density at radius 1 is 1.53 bits per heavy atom. The number of nitro benzene ring substituents is 1. The molecule has 0 heterocycles. The van der Waals surface area contributed by atoms with E-state index in [1.807, 2.05) is 6.92 Å². The predicted octanol–water partition coefficient (Wildman–Crippen LogP) is 2.70. The van der Waals surface area contributed by atoms with Crippen LogP contribution in [-0.4, -0.2) is 10.5 Å². The monoisotopic (exact) mass is 210 g/mol. The molecule has 0 atom stereocenters. The van der Waals surface area contributed by atoms with E-state index in [-0.39, 0.29) is 11.2 Å². The van der Waals surface area contributed by atoms with E-state index < -0.39 is 16.4 Å². The Labute approximate surface area is 86.3 Å². The molecule has 80 valence electrons. The van der Waals surface area contributed by atoms with Gasteiger partial charge in [-0.2, -0.15) is 4.39 Å². The molecule has 2 rings (SSSR count). The maximum atomic E-state index is 13.2. The van der Waals surface area contributed by atoms with E-state index in [4.69, 9.17) is 0 Å². The summed E-state index contributed by atoms with van der Waals surface area (Å²) in [6.45, 7) is 1.96. The Morgan fingerprint density at radius 3 is 2.73 bits per heavy atom. The van der Waals surface area contributed by atoms with Gasteiger partial charge in [-0.3, -0.25) is 10.1 Å². The standard InChI is InChI=1S/C10H11FN2O2/c1-10(5-6-10)12-8-4-2-3-7(11)9(8)13(14)15/h2-4,12H,5-6H2,1H3. The predicted molar refractivity (Wildman–Crippen MR) is 54.3 cm³/mol. The molecule has 0 bridgehead atoms. The highest BCUT2D eigenvalue weighted by Crippen LogP contribution is 2.40. The molecule has 0 aromatic heterocycles. The Kier molecular flexibility index (Phi) is 2.10. The highest BCUT2D eigenvalue weighted by atomic mass is 19.1. The van der Waals surface area contributed by atoms with Crippen LogP contribution < -0.4 is 5.32 Å². The van der Waals surface area contributed by atoms with Gasteiger partial charge in [-0.05, 0) is 31.9 Å². The highest BCUT2D eigenvalue weighted by molar-refractivity contribution is 5.63. The lowest BCUT2D eigenvalue weighted by Gasteiger charge is -2.12. The van der Waals surface area contributed by atoms with Gasteiger partial charge in [0.15, 0.2) is 0 Å². The number of hydrogen-bond acceptors (Lipinski definition) is 3. The zero-order chi connectivity index (χ0) is 11.1. The Bertz CT molecular complexity index is 416. The van der Waals surface area contributed by atoms with Gasteiger partial charge in [0.1, 0.15) is 5.69 Å². The lowest BCUT2D eigenvalue weighted by molar-refractivity contribution is -0.386. The van der Waals surface area contributed by atoms with Crippen LogP contribution in [0.1, 0.15) is 19.8 Å². The molecule has 1 aromatic rings. The molecule has 0 amide bonds. The number of nitrogens with zero attached hydrogens (tertiary/aromatic N) is 1. The second-order valence-corrected chi connectivity index (χ2v) is 4.08. The lowest BCUT2D eigenvalue weighted by atomic mass is 10.2. The van der Waals surface area contributed by atoms with Gasteiger partial charge in [-0.1, -0.05) is 6.07 Å². The third-order valence-corrected chi connectivity index (χ3v) is 2.61. The minimum absolute atomic E-state index is 0.0987. The number of rotatable bonds is 3. The number of benzene rings is 1. The first-order valence-electron chi connectivity index (χ1n) is 4.73. The molecule has 1 aliphatic carbocycles. The Morgan fingerprint density at radius 2 is 2.20 bits per heavy atom. The fourth-order valence-corrected chi connectivity index (χ4v) is 1.44. The summed E-state index contributed by atoms with van der Waals surface area (Å²) in [6, 6.07) is 4.10. The number of hydrogen-bond donors (Lipinski definition) is 1. The van der Waals surface area contributed by atoms with Crippen LogP contribution >= 0.6 is 0 Å². The molecular weight excluding hydrogens is 199 g/mol. The van der Waals surface area contributed by atoms with E-state index in [1.165, 1.54) is 12.1 Å². The van der Waals surface area contributed by atoms with Crippen LogP contribution in [0.25, 0.3) is 0 Å². The minimum atomic E-state index is -0.797. The zero-order valence-electron chi connectivity index (χ0n) is 8.29. The van der Waals surface area contributed by atoms with Crippen molar-refractivity contribution in [2.45, 2.75) is 25.3 Å². The summed E-state index contributed by atoms with van der Waals surface area (Å²) < 4.78 is 13.2. The first kappa shape index (κ1) is 9.89. The van der Waals surface area contributed by atoms with Crippen molar-refractivity contribution in [3.63, 3.8) is 0 Å². The van der Waals surface area contributed by atoms with Gasteiger partial charge in [-0.15, -0.1) is 0 Å². The van der Waals surface area contributed by atoms with Crippen LogP contribution in [0.2, 0.25) is 0 Å². The molecule has 0 aliphatic heterocycles. The summed E-state index contributed by atoms with van der Waals surface area (Å²) in [5, 5.41) is 13.7. The molecule has 1 aliphatic rings. The van der Waals surface area contributed by atoms with Crippen LogP contribution in [0.15, 0.2) is 18.2 Å². The van der Waals surface area contributed by atoms with Gasteiger partial charge < -0.3 is 5.32 Å². The van der Waals surface area contributed by atoms with E-state index in [1.54, 1.807) is 0 Å². The van der Waals surface area contributed by atoms with Crippen LogP contribution in [0, 0.1) is 15.9 Å². The summed E-state index contributed by atoms with van der Waals surface area (Å²) in [5.41, 5.74) is -0.302. The molecule has 15 heavy (non-hydrogen) atoms. The number of nitrogens with one attached hydrogen (secondary N) is 1. The molecule has 0 spiro atoms. The molecule has 0 unspecified atom stereocenters. The highest BCUT2D eigenvalue weighted by Gasteiger charge is 2.39. The second-order valence-electron chi connectivity index (χ2n) is 4.08. The topological polar surface area (TPSA) is 55.2 Å². The lowest BCUT2D eigenvalue weighted by Crippen LogP contribution is -2.17. The van der Waals surface area contributed by atoms with Crippen molar-refractivity contribution in [2.75, 3.05) is 5.32 Å². The van der Waals surface area contributed by atoms with Crippen molar-refractivity contribution in [2.24, 2.45) is 0 Å². The van der Waals surface area contributed by atoms with Crippen molar-refractivity contribution in [1.82, 2.24) is 0 Å². The first-order chi connectivity index (χ1) is 7.02. The molecule has 1 saturated carbocycles. The normalized spacial score (nSPS) is 17.2. The van der Waals surface area contributed by atoms with E-state index in [0.717, 1.165) is 18.9 Å². The fraction of sp³-hybridized carbons (Fsp3) is 0.400. The van der Waals surface area contributed by atoms with Gasteiger partial charge in [0, 0.05) is 5.54 Å². The van der Waals surface area contributed by atoms with E-state index in [9.17, 15) is 14.5 Å². The fourth-order valence-electron chi connectivity index (χ4n) is 1.44. The van der Waals surface area contributed by atoms with Crippen LogP contribution in [0.3, 0.4) is 0 Å². The van der Waals surface area contributed by atoms with Crippen molar-refractivity contribution in [3.05, 3.63) is 34.1 Å². The molecule has 5 heteroatoms. The third-order valence-electron chi connectivity index (χ3n) is 2.61. The Hall–Kier alpha value is -1.65. The number of nitro groups is 1. The van der Waals surface area contributed by atoms with E-state index in [2.05, 4.69) is 5.32 Å². The van der Waals surface area contributed by atoms with Crippen molar-refractivity contribution in [3.8, 4) is 0 Å². The van der Waals surface area contributed by atoms with Gasteiger partial charge in [0.2, 0.25) is 5.82 Å². The third kappa shape index (κ3) is 1.91. The van der Waals surface area contributed by atoms with Gasteiger partial charge in [0.05, 0.1) is 4.92 Å². The van der Waals surface area contributed by atoms with Crippen LogP contribution in [0.4, 0.5) is 15.8 Å².